The van der Waals surface area contributed by atoms with Crippen LogP contribution < -0.4 is 4.72 Å². The van der Waals surface area contributed by atoms with Gasteiger partial charge >= 0.3 is 0 Å². The normalized spacial score (nSPS) is 27.3. The lowest BCUT2D eigenvalue weighted by molar-refractivity contribution is -0.0179. The van der Waals surface area contributed by atoms with E-state index in [2.05, 4.69) is 44.9 Å². The lowest BCUT2D eigenvalue weighted by Gasteiger charge is -2.39. The largest absolute Gasteiger partial charge is 0.378 e. The highest BCUT2D eigenvalue weighted by Crippen LogP contribution is 2.34. The predicted octanol–water partition coefficient (Wildman–Crippen LogP) is 3.56. The van der Waals surface area contributed by atoms with Crippen LogP contribution in [0.4, 0.5) is 0 Å². The zero-order chi connectivity index (χ0) is 22.4. The van der Waals surface area contributed by atoms with Crippen molar-refractivity contribution in [1.29, 1.82) is 0 Å². The van der Waals surface area contributed by atoms with Gasteiger partial charge < -0.3 is 4.74 Å². The molecule has 32 heavy (non-hydrogen) atoms. The highest BCUT2D eigenvalue weighted by atomic mass is 32.2. The number of benzene rings is 1. The number of pyridine rings is 1. The summed E-state index contributed by atoms with van der Waals surface area (Å²) in [4.78, 5) is 6.50. The van der Waals surface area contributed by atoms with Gasteiger partial charge in [0.05, 0.1) is 19.0 Å². The fourth-order valence-corrected chi connectivity index (χ4v) is 6.00. The molecule has 6 nitrogen and oxygen atoms in total. The SMILES string of the molecule is CS(=O)(=O)NC1CCN(Cc2ccncc2)CC1COC1CCC(c2ccccc2)CC1. The lowest BCUT2D eigenvalue weighted by atomic mass is 9.82. The van der Waals surface area contributed by atoms with E-state index in [1.165, 1.54) is 17.4 Å². The molecule has 1 aliphatic heterocycles. The molecule has 1 N–H and O–H groups in total. The first-order valence-electron chi connectivity index (χ1n) is 11.7. The monoisotopic (exact) mass is 457 g/mol. The van der Waals surface area contributed by atoms with Crippen molar-refractivity contribution in [2.75, 3.05) is 26.0 Å². The van der Waals surface area contributed by atoms with E-state index in [1.54, 1.807) is 0 Å². The number of sulfonamides is 1. The van der Waals surface area contributed by atoms with Gasteiger partial charge in [-0.15, -0.1) is 0 Å². The van der Waals surface area contributed by atoms with Crippen LogP contribution in [0.1, 0.15) is 49.1 Å². The van der Waals surface area contributed by atoms with Gasteiger partial charge in [-0.2, -0.15) is 0 Å². The molecule has 174 valence electrons. The Morgan fingerprint density at radius 3 is 2.44 bits per heavy atom. The van der Waals surface area contributed by atoms with Crippen molar-refractivity contribution in [2.24, 2.45) is 5.92 Å². The molecule has 1 aromatic carbocycles. The van der Waals surface area contributed by atoms with E-state index in [9.17, 15) is 8.42 Å². The van der Waals surface area contributed by atoms with E-state index in [1.807, 2.05) is 24.5 Å². The molecule has 2 aromatic rings. The number of hydrogen-bond donors (Lipinski definition) is 1. The van der Waals surface area contributed by atoms with Crippen LogP contribution in [0.5, 0.6) is 0 Å². The van der Waals surface area contributed by atoms with Crippen LogP contribution in [-0.4, -0.2) is 56.4 Å². The second kappa shape index (κ2) is 10.9. The molecule has 0 radical (unpaired) electrons. The predicted molar refractivity (Wildman–Crippen MR) is 127 cm³/mol. The molecule has 0 bridgehead atoms. The summed E-state index contributed by atoms with van der Waals surface area (Å²) in [6.07, 6.45) is 10.4. The Balaban J connectivity index is 1.32. The molecule has 1 aliphatic carbocycles. The fourth-order valence-electron chi connectivity index (χ4n) is 5.14. The van der Waals surface area contributed by atoms with Gasteiger partial charge in [0.2, 0.25) is 10.0 Å². The van der Waals surface area contributed by atoms with Crippen molar-refractivity contribution in [3.63, 3.8) is 0 Å². The molecule has 4 rings (SSSR count). The minimum Gasteiger partial charge on any atom is -0.378 e. The average molecular weight is 458 g/mol. The van der Waals surface area contributed by atoms with Crippen LogP contribution in [0.3, 0.4) is 0 Å². The molecule has 2 heterocycles. The standard InChI is InChI=1S/C25H35N3O3S/c1-32(29,30)27-25-13-16-28(17-20-11-14-26-15-12-20)18-23(25)19-31-24-9-7-22(8-10-24)21-5-3-2-4-6-21/h2-6,11-12,14-15,22-25,27H,7-10,13,16-19H2,1H3. The van der Waals surface area contributed by atoms with Crippen LogP contribution in [0.2, 0.25) is 0 Å². The van der Waals surface area contributed by atoms with E-state index < -0.39 is 10.0 Å². The summed E-state index contributed by atoms with van der Waals surface area (Å²) in [5.41, 5.74) is 2.66. The zero-order valence-corrected chi connectivity index (χ0v) is 19.7. The lowest BCUT2D eigenvalue weighted by Crippen LogP contribution is -2.52. The summed E-state index contributed by atoms with van der Waals surface area (Å²) < 4.78 is 33.1. The maximum absolute atomic E-state index is 11.9. The van der Waals surface area contributed by atoms with Crippen molar-refractivity contribution in [1.82, 2.24) is 14.6 Å². The van der Waals surface area contributed by atoms with Gasteiger partial charge in [-0.25, -0.2) is 13.1 Å². The third-order valence-electron chi connectivity index (χ3n) is 6.83. The van der Waals surface area contributed by atoms with Gasteiger partial charge in [0.1, 0.15) is 0 Å². The van der Waals surface area contributed by atoms with Gasteiger partial charge in [0.25, 0.3) is 0 Å². The van der Waals surface area contributed by atoms with Crippen molar-refractivity contribution in [2.45, 2.75) is 56.7 Å². The number of piperidine rings is 1. The van der Waals surface area contributed by atoms with Crippen molar-refractivity contribution >= 4 is 10.0 Å². The second-order valence-corrected chi connectivity index (χ2v) is 11.1. The Labute approximate surface area is 192 Å². The van der Waals surface area contributed by atoms with Crippen molar-refractivity contribution in [3.05, 3.63) is 66.0 Å². The van der Waals surface area contributed by atoms with Gasteiger partial charge in [-0.1, -0.05) is 30.3 Å². The molecule has 2 atom stereocenters. The van der Waals surface area contributed by atoms with Gasteiger partial charge in [-0.05, 0) is 61.3 Å². The number of ether oxygens (including phenoxy) is 1. The fraction of sp³-hybridized carbons (Fsp3) is 0.560. The number of hydrogen-bond acceptors (Lipinski definition) is 5. The first-order valence-corrected chi connectivity index (χ1v) is 13.6. The summed E-state index contributed by atoms with van der Waals surface area (Å²) in [5, 5.41) is 0. The van der Waals surface area contributed by atoms with Crippen LogP contribution in [0.15, 0.2) is 54.9 Å². The third-order valence-corrected chi connectivity index (χ3v) is 7.56. The van der Waals surface area contributed by atoms with E-state index in [0.29, 0.717) is 12.5 Å². The molecular weight excluding hydrogens is 422 g/mol. The number of rotatable bonds is 8. The van der Waals surface area contributed by atoms with Crippen LogP contribution >= 0.6 is 0 Å². The van der Waals surface area contributed by atoms with E-state index in [4.69, 9.17) is 4.74 Å². The van der Waals surface area contributed by atoms with Crippen molar-refractivity contribution in [3.8, 4) is 0 Å². The molecule has 2 fully saturated rings. The minimum atomic E-state index is -3.25. The molecule has 2 unspecified atom stereocenters. The molecule has 7 heteroatoms. The molecule has 2 aliphatic rings. The minimum absolute atomic E-state index is 0.0700. The average Bonchev–Trinajstić information content (AvgIpc) is 2.80. The maximum Gasteiger partial charge on any atom is 0.208 e. The summed E-state index contributed by atoms with van der Waals surface area (Å²) in [6.45, 7) is 3.15. The summed E-state index contributed by atoms with van der Waals surface area (Å²) in [7, 11) is -3.25. The smallest absolute Gasteiger partial charge is 0.208 e. The number of likely N-dealkylation sites (tertiary alicyclic amines) is 1. The molecule has 1 aromatic heterocycles. The summed E-state index contributed by atoms with van der Waals surface area (Å²) in [5.74, 6) is 0.772. The Kier molecular flexibility index (Phi) is 7.94. The Bertz CT molecular complexity index is 931. The number of nitrogens with zero attached hydrogens (tertiary/aromatic N) is 2. The second-order valence-electron chi connectivity index (χ2n) is 9.35. The van der Waals surface area contributed by atoms with Crippen LogP contribution in [0.25, 0.3) is 0 Å². The molecular formula is C25H35N3O3S. The number of aromatic nitrogens is 1. The molecule has 1 saturated carbocycles. The summed E-state index contributed by atoms with van der Waals surface area (Å²) >= 11 is 0. The van der Waals surface area contributed by atoms with Crippen LogP contribution in [0, 0.1) is 5.92 Å². The third kappa shape index (κ3) is 6.85. The molecule has 0 amide bonds. The Morgan fingerprint density at radius 1 is 1.03 bits per heavy atom. The summed E-state index contributed by atoms with van der Waals surface area (Å²) in [6, 6.07) is 14.8. The first-order chi connectivity index (χ1) is 15.5. The topological polar surface area (TPSA) is 71.5 Å². The first kappa shape index (κ1) is 23.4. The molecule has 0 spiro atoms. The zero-order valence-electron chi connectivity index (χ0n) is 18.9. The van der Waals surface area contributed by atoms with Gasteiger partial charge in [0, 0.05) is 44.0 Å². The Morgan fingerprint density at radius 2 is 1.75 bits per heavy atom. The Hall–Kier alpha value is -1.80. The van der Waals surface area contributed by atoms with E-state index >= 15 is 0 Å². The van der Waals surface area contributed by atoms with Crippen molar-refractivity contribution < 1.29 is 13.2 Å². The highest BCUT2D eigenvalue weighted by Gasteiger charge is 2.32. The maximum atomic E-state index is 11.9. The highest BCUT2D eigenvalue weighted by molar-refractivity contribution is 7.88. The van der Waals surface area contributed by atoms with E-state index in [-0.39, 0.29) is 18.1 Å². The van der Waals surface area contributed by atoms with E-state index in [0.717, 1.165) is 51.7 Å². The van der Waals surface area contributed by atoms with Crippen LogP contribution in [-0.2, 0) is 21.3 Å². The molecule has 1 saturated heterocycles. The van der Waals surface area contributed by atoms with Gasteiger partial charge in [-0.3, -0.25) is 9.88 Å². The van der Waals surface area contributed by atoms with Gasteiger partial charge in [0.15, 0.2) is 0 Å². The number of nitrogens with one attached hydrogen (secondary N) is 1. The quantitative estimate of drug-likeness (QED) is 0.656.